The van der Waals surface area contributed by atoms with Gasteiger partial charge in [-0.3, -0.25) is 4.79 Å². The maximum atomic E-state index is 13.7. The van der Waals surface area contributed by atoms with Crippen molar-refractivity contribution in [3.05, 3.63) is 0 Å². The Bertz CT molecular complexity index is 601. The molecule has 5 fully saturated rings. The van der Waals surface area contributed by atoms with Crippen LogP contribution in [-0.2, 0) is 19.0 Å². The smallest absolute Gasteiger partial charge is 0.146 e. The Morgan fingerprint density at radius 1 is 1.11 bits per heavy atom. The summed E-state index contributed by atoms with van der Waals surface area (Å²) in [7, 11) is 3.58. The lowest BCUT2D eigenvalue weighted by atomic mass is 9.52. The molecule has 27 heavy (non-hydrogen) atoms. The predicted octanol–water partition coefficient (Wildman–Crippen LogP) is 4.21. The van der Waals surface area contributed by atoms with Gasteiger partial charge in [-0.2, -0.15) is 0 Å². The standard InChI is InChI=1S/C23H36O4/c1-14-20(24)16(10-15-4-5-15)11-19(27-13-25-2)23-12-17(23)6-8-22(14)9-7-18(26-3)21(22)23/h14-19,21H,4-13H2,1-3H3/t14-,16?,17-,18+,19+,21?,22?,23-/m0/s1. The van der Waals surface area contributed by atoms with Gasteiger partial charge in [0.05, 0.1) is 12.2 Å². The van der Waals surface area contributed by atoms with Crippen molar-refractivity contribution in [2.45, 2.75) is 76.9 Å². The highest BCUT2D eigenvalue weighted by Crippen LogP contribution is 2.77. The number of carbonyl (C=O) groups is 1. The van der Waals surface area contributed by atoms with Crippen molar-refractivity contribution >= 4 is 5.78 Å². The van der Waals surface area contributed by atoms with E-state index in [1.165, 1.54) is 32.1 Å². The van der Waals surface area contributed by atoms with Crippen LogP contribution in [0, 0.1) is 40.4 Å². The summed E-state index contributed by atoms with van der Waals surface area (Å²) in [6.07, 6.45) is 11.1. The van der Waals surface area contributed by atoms with E-state index in [9.17, 15) is 4.79 Å². The average Bonchev–Trinajstić information content (AvgIpc) is 3.59. The van der Waals surface area contributed by atoms with Crippen LogP contribution in [0.15, 0.2) is 0 Å². The van der Waals surface area contributed by atoms with E-state index in [1.807, 2.05) is 7.11 Å². The summed E-state index contributed by atoms with van der Waals surface area (Å²) in [6.45, 7) is 2.61. The van der Waals surface area contributed by atoms with Gasteiger partial charge in [0.25, 0.3) is 0 Å². The Balaban J connectivity index is 1.56. The number of carbonyl (C=O) groups excluding carboxylic acids is 1. The molecule has 0 aromatic heterocycles. The normalized spacial score (nSPS) is 51.3. The van der Waals surface area contributed by atoms with Crippen LogP contribution in [0.5, 0.6) is 0 Å². The topological polar surface area (TPSA) is 44.8 Å². The van der Waals surface area contributed by atoms with Crippen molar-refractivity contribution in [1.29, 1.82) is 0 Å². The fraction of sp³-hybridized carbons (Fsp3) is 0.957. The fourth-order valence-electron chi connectivity index (χ4n) is 7.95. The molecule has 3 unspecified atom stereocenters. The monoisotopic (exact) mass is 376 g/mol. The van der Waals surface area contributed by atoms with Crippen molar-refractivity contribution in [2.75, 3.05) is 21.0 Å². The Labute approximate surface area is 163 Å². The fourth-order valence-corrected chi connectivity index (χ4v) is 7.95. The van der Waals surface area contributed by atoms with Crippen LogP contribution in [0.25, 0.3) is 0 Å². The van der Waals surface area contributed by atoms with E-state index in [0.717, 1.165) is 37.5 Å². The van der Waals surface area contributed by atoms with Crippen LogP contribution in [0.2, 0.25) is 0 Å². The summed E-state index contributed by atoms with van der Waals surface area (Å²) >= 11 is 0. The first kappa shape index (κ1) is 18.6. The third-order valence-electron chi connectivity index (χ3n) is 9.42. The van der Waals surface area contributed by atoms with Gasteiger partial charge < -0.3 is 14.2 Å². The van der Waals surface area contributed by atoms with Gasteiger partial charge in [-0.1, -0.05) is 19.8 Å². The Morgan fingerprint density at radius 2 is 1.89 bits per heavy atom. The van der Waals surface area contributed by atoms with Crippen LogP contribution in [0.1, 0.15) is 64.7 Å². The Kier molecular flexibility index (Phi) is 4.49. The van der Waals surface area contributed by atoms with E-state index < -0.39 is 0 Å². The first-order valence-electron chi connectivity index (χ1n) is 11.2. The second kappa shape index (κ2) is 6.53. The van der Waals surface area contributed by atoms with Gasteiger partial charge in [0.2, 0.25) is 0 Å². The largest absolute Gasteiger partial charge is 0.381 e. The van der Waals surface area contributed by atoms with Crippen molar-refractivity contribution in [1.82, 2.24) is 0 Å². The van der Waals surface area contributed by atoms with Gasteiger partial charge in [-0.15, -0.1) is 0 Å². The molecule has 0 heterocycles. The summed E-state index contributed by atoms with van der Waals surface area (Å²) < 4.78 is 17.7. The van der Waals surface area contributed by atoms with E-state index in [1.54, 1.807) is 7.11 Å². The minimum atomic E-state index is 0.141. The molecule has 5 aliphatic carbocycles. The molecule has 0 N–H and O–H groups in total. The van der Waals surface area contributed by atoms with Gasteiger partial charge >= 0.3 is 0 Å². The highest BCUT2D eigenvalue weighted by atomic mass is 16.7. The molecule has 0 aromatic rings. The van der Waals surface area contributed by atoms with Gasteiger partial charge in [0.15, 0.2) is 0 Å². The molecule has 4 heteroatoms. The van der Waals surface area contributed by atoms with Crippen LogP contribution in [-0.4, -0.2) is 39.0 Å². The molecule has 0 saturated heterocycles. The summed E-state index contributed by atoms with van der Waals surface area (Å²) in [4.78, 5) is 13.7. The SMILES string of the molecule is COCO[C@@H]1CC(CC2CC2)C(=O)[C@H](C)C23CC[C@H]4C[C@]41C2[C@H](OC)CC3. The molecule has 5 saturated carbocycles. The van der Waals surface area contributed by atoms with E-state index in [0.29, 0.717) is 24.6 Å². The molecule has 0 radical (unpaired) electrons. The first-order chi connectivity index (χ1) is 13.1. The molecule has 5 aliphatic rings. The molecule has 0 aromatic carbocycles. The molecule has 4 nitrogen and oxygen atoms in total. The van der Waals surface area contributed by atoms with Crippen molar-refractivity contribution in [2.24, 2.45) is 40.4 Å². The zero-order chi connectivity index (χ0) is 18.8. The number of methoxy groups -OCH3 is 2. The second-order valence-electron chi connectivity index (χ2n) is 10.4. The lowest BCUT2D eigenvalue weighted by Crippen LogP contribution is -2.55. The third-order valence-corrected chi connectivity index (χ3v) is 9.42. The molecule has 0 amide bonds. The summed E-state index contributed by atoms with van der Waals surface area (Å²) in [5, 5.41) is 0. The predicted molar refractivity (Wildman–Crippen MR) is 102 cm³/mol. The minimum Gasteiger partial charge on any atom is -0.381 e. The second-order valence-corrected chi connectivity index (χ2v) is 10.4. The van der Waals surface area contributed by atoms with E-state index in [2.05, 4.69) is 6.92 Å². The number of hydrogen-bond acceptors (Lipinski definition) is 4. The number of hydrogen-bond donors (Lipinski definition) is 0. The van der Waals surface area contributed by atoms with E-state index in [-0.39, 0.29) is 28.8 Å². The lowest BCUT2D eigenvalue weighted by Gasteiger charge is -2.53. The molecule has 1 spiro atoms. The number of ketones is 1. The lowest BCUT2D eigenvalue weighted by molar-refractivity contribution is -0.174. The van der Waals surface area contributed by atoms with Gasteiger partial charge in [0, 0.05) is 31.5 Å². The summed E-state index contributed by atoms with van der Waals surface area (Å²) in [5.74, 6) is 2.91. The van der Waals surface area contributed by atoms with Gasteiger partial charge in [-0.05, 0) is 68.1 Å². The minimum absolute atomic E-state index is 0.141. The molecular weight excluding hydrogens is 340 g/mol. The van der Waals surface area contributed by atoms with Crippen LogP contribution in [0.4, 0.5) is 0 Å². The number of rotatable bonds is 6. The molecule has 5 rings (SSSR count). The zero-order valence-electron chi connectivity index (χ0n) is 17.2. The van der Waals surface area contributed by atoms with Crippen LogP contribution >= 0.6 is 0 Å². The van der Waals surface area contributed by atoms with Crippen molar-refractivity contribution in [3.63, 3.8) is 0 Å². The molecule has 2 bridgehead atoms. The third kappa shape index (κ3) is 2.62. The van der Waals surface area contributed by atoms with E-state index >= 15 is 0 Å². The van der Waals surface area contributed by atoms with Crippen LogP contribution in [0.3, 0.4) is 0 Å². The quantitative estimate of drug-likeness (QED) is 0.651. The summed E-state index contributed by atoms with van der Waals surface area (Å²) in [6, 6.07) is 0. The average molecular weight is 377 g/mol. The molecular formula is C23H36O4. The molecule has 152 valence electrons. The Hall–Kier alpha value is -0.450. The first-order valence-corrected chi connectivity index (χ1v) is 11.2. The maximum absolute atomic E-state index is 13.7. The van der Waals surface area contributed by atoms with Gasteiger partial charge in [-0.25, -0.2) is 0 Å². The van der Waals surface area contributed by atoms with Gasteiger partial charge in [0.1, 0.15) is 12.6 Å². The van der Waals surface area contributed by atoms with Crippen molar-refractivity contribution < 1.29 is 19.0 Å². The maximum Gasteiger partial charge on any atom is 0.146 e. The van der Waals surface area contributed by atoms with E-state index in [4.69, 9.17) is 14.2 Å². The zero-order valence-corrected chi connectivity index (χ0v) is 17.2. The highest BCUT2D eigenvalue weighted by Gasteiger charge is 2.75. The number of Topliss-reactive ketones (excluding diaryl/α,β-unsaturated/α-hetero) is 1. The summed E-state index contributed by atoms with van der Waals surface area (Å²) in [5.41, 5.74) is 0.367. The Morgan fingerprint density at radius 3 is 2.59 bits per heavy atom. The van der Waals surface area contributed by atoms with Crippen molar-refractivity contribution in [3.8, 4) is 0 Å². The van der Waals surface area contributed by atoms with Crippen LogP contribution < -0.4 is 0 Å². The number of ether oxygens (including phenoxy) is 3. The molecule has 0 aliphatic heterocycles. The highest BCUT2D eigenvalue weighted by molar-refractivity contribution is 5.84. The molecule has 8 atom stereocenters.